The Balaban J connectivity index is 1.62. The number of benzene rings is 1. The van der Waals surface area contributed by atoms with Crippen LogP contribution in [0.2, 0.25) is 0 Å². The number of tetrazole rings is 1. The molecule has 0 spiro atoms. The van der Waals surface area contributed by atoms with Gasteiger partial charge in [0.1, 0.15) is 5.25 Å². The number of nitrogens with zero attached hydrogens (tertiary/aromatic N) is 5. The quantitative estimate of drug-likeness (QED) is 0.520. The Morgan fingerprint density at radius 2 is 2.17 bits per heavy atom. The summed E-state index contributed by atoms with van der Waals surface area (Å²) in [4.78, 5) is 22.2. The molecule has 1 aromatic carbocycles. The van der Waals surface area contributed by atoms with E-state index in [0.29, 0.717) is 5.82 Å². The Labute approximate surface area is 139 Å². The minimum absolute atomic E-state index is 0.253. The van der Waals surface area contributed by atoms with Crippen molar-refractivity contribution in [3.05, 3.63) is 29.8 Å². The molecule has 1 fully saturated rings. The van der Waals surface area contributed by atoms with Gasteiger partial charge >= 0.3 is 5.97 Å². The number of carbonyl (C=O) groups excluding carboxylic acids is 1. The fourth-order valence-corrected chi connectivity index (χ4v) is 2.81. The minimum Gasteiger partial charge on any atom is -0.481 e. The third kappa shape index (κ3) is 3.81. The van der Waals surface area contributed by atoms with Crippen LogP contribution in [0.5, 0.6) is 0 Å². The molecule has 10 nitrogen and oxygen atoms in total. The van der Waals surface area contributed by atoms with E-state index in [1.54, 1.807) is 0 Å². The maximum Gasteiger partial charge on any atom is 0.305 e. The number of carbonyl (C=O) groups is 2. The first-order valence-electron chi connectivity index (χ1n) is 6.76. The van der Waals surface area contributed by atoms with E-state index < -0.39 is 11.2 Å². The Morgan fingerprint density at radius 1 is 1.38 bits per heavy atom. The molecule has 0 radical (unpaired) electrons. The molecule has 1 amide bonds. The summed E-state index contributed by atoms with van der Waals surface area (Å²) in [6, 6.07) is 7.24. The minimum atomic E-state index is -1.03. The number of nitrogens with one attached hydrogen (secondary N) is 2. The van der Waals surface area contributed by atoms with E-state index in [2.05, 4.69) is 36.1 Å². The summed E-state index contributed by atoms with van der Waals surface area (Å²) in [6.45, 7) is 0. The van der Waals surface area contributed by atoms with Gasteiger partial charge in [0, 0.05) is 5.56 Å². The van der Waals surface area contributed by atoms with E-state index in [9.17, 15) is 9.59 Å². The molecule has 0 saturated carbocycles. The van der Waals surface area contributed by atoms with Crippen molar-refractivity contribution in [1.82, 2.24) is 25.9 Å². The lowest BCUT2D eigenvalue weighted by Crippen LogP contribution is -2.26. The van der Waals surface area contributed by atoms with E-state index in [1.165, 1.54) is 6.21 Å². The Morgan fingerprint density at radius 3 is 2.83 bits per heavy atom. The molecule has 1 atom stereocenters. The zero-order valence-electron chi connectivity index (χ0n) is 12.1. The largest absolute Gasteiger partial charge is 0.481 e. The number of hydrogen-bond donors (Lipinski definition) is 3. The van der Waals surface area contributed by atoms with Gasteiger partial charge in [-0.05, 0) is 10.8 Å². The highest BCUT2D eigenvalue weighted by Crippen LogP contribution is 2.22. The maximum atomic E-state index is 11.6. The predicted molar refractivity (Wildman–Crippen MR) is 86.4 cm³/mol. The monoisotopic (exact) mass is 345 g/mol. The van der Waals surface area contributed by atoms with Crippen molar-refractivity contribution < 1.29 is 14.7 Å². The van der Waals surface area contributed by atoms with Gasteiger partial charge in [-0.25, -0.2) is 0 Å². The Hall–Kier alpha value is -3.08. The third-order valence-electron chi connectivity index (χ3n) is 3.01. The highest BCUT2D eigenvalue weighted by Gasteiger charge is 2.32. The van der Waals surface area contributed by atoms with Crippen molar-refractivity contribution in [1.29, 1.82) is 0 Å². The number of carboxylic acids is 1. The molecule has 1 aliphatic rings. The SMILES string of the molecule is O=C(O)CC1SC(=NN=Cc2ccc(-c3nn[nH]n3)cc2)NC1=O. The Bertz CT molecular complexity index is 801. The van der Waals surface area contributed by atoms with Crippen LogP contribution >= 0.6 is 11.8 Å². The third-order valence-corrected chi connectivity index (χ3v) is 4.08. The molecule has 0 aliphatic carbocycles. The lowest BCUT2D eigenvalue weighted by molar-refractivity contribution is -0.138. The van der Waals surface area contributed by atoms with Crippen molar-refractivity contribution in [2.45, 2.75) is 11.7 Å². The van der Waals surface area contributed by atoms with Crippen molar-refractivity contribution in [2.75, 3.05) is 0 Å². The molecular weight excluding hydrogens is 334 g/mol. The number of amidine groups is 1. The second-order valence-electron chi connectivity index (χ2n) is 4.70. The first-order valence-corrected chi connectivity index (χ1v) is 7.64. The fourth-order valence-electron chi connectivity index (χ4n) is 1.90. The standard InChI is InChI=1S/C13H11N7O3S/c21-10(22)5-9-12(23)15-13(24-9)18-14-6-7-1-3-8(4-2-7)11-16-19-20-17-11/h1-4,6,9H,5H2,(H,21,22)(H,15,18,23)(H,16,17,19,20). The summed E-state index contributed by atoms with van der Waals surface area (Å²) in [5, 5.41) is 32.2. The zero-order valence-corrected chi connectivity index (χ0v) is 12.9. The van der Waals surface area contributed by atoms with Crippen LogP contribution in [0.4, 0.5) is 0 Å². The van der Waals surface area contributed by atoms with Crippen LogP contribution in [-0.4, -0.2) is 54.2 Å². The van der Waals surface area contributed by atoms with E-state index in [1.807, 2.05) is 24.3 Å². The maximum absolute atomic E-state index is 11.6. The van der Waals surface area contributed by atoms with E-state index in [4.69, 9.17) is 5.11 Å². The number of rotatable bonds is 5. The van der Waals surface area contributed by atoms with Crippen molar-refractivity contribution in [3.63, 3.8) is 0 Å². The molecule has 0 bridgehead atoms. The molecule has 3 N–H and O–H groups in total. The second kappa shape index (κ2) is 7.00. The molecule has 1 aliphatic heterocycles. The van der Waals surface area contributed by atoms with Gasteiger partial charge in [0.25, 0.3) is 0 Å². The van der Waals surface area contributed by atoms with Crippen LogP contribution in [-0.2, 0) is 9.59 Å². The summed E-state index contributed by atoms with van der Waals surface area (Å²) >= 11 is 1.05. The lowest BCUT2D eigenvalue weighted by Gasteiger charge is -1.97. The first-order chi connectivity index (χ1) is 11.6. The van der Waals surface area contributed by atoms with Crippen LogP contribution in [0.3, 0.4) is 0 Å². The summed E-state index contributed by atoms with van der Waals surface area (Å²) < 4.78 is 0. The van der Waals surface area contributed by atoms with Crippen LogP contribution in [0, 0.1) is 0 Å². The van der Waals surface area contributed by atoms with Gasteiger partial charge in [0.05, 0.1) is 12.6 Å². The van der Waals surface area contributed by atoms with Crippen molar-refractivity contribution in [3.8, 4) is 11.4 Å². The number of carboxylic acid groups (broad SMARTS) is 1. The van der Waals surface area contributed by atoms with E-state index in [0.717, 1.165) is 22.9 Å². The van der Waals surface area contributed by atoms with Crippen LogP contribution < -0.4 is 5.32 Å². The molecule has 2 aromatic rings. The topological polar surface area (TPSA) is 146 Å². The molecule has 2 heterocycles. The lowest BCUT2D eigenvalue weighted by atomic mass is 10.1. The first kappa shape index (κ1) is 15.8. The number of aliphatic carboxylic acids is 1. The molecule has 1 aromatic heterocycles. The molecule has 24 heavy (non-hydrogen) atoms. The molecule has 122 valence electrons. The van der Waals surface area contributed by atoms with Gasteiger partial charge < -0.3 is 10.4 Å². The Kier molecular flexibility index (Phi) is 4.61. The summed E-state index contributed by atoms with van der Waals surface area (Å²) in [5.74, 6) is -0.914. The molecule has 1 unspecified atom stereocenters. The normalized spacial score (nSPS) is 19.1. The van der Waals surface area contributed by atoms with Gasteiger partial charge in [0.15, 0.2) is 5.17 Å². The van der Waals surface area contributed by atoms with Crippen molar-refractivity contribution >= 4 is 35.0 Å². The number of aromatic amines is 1. The van der Waals surface area contributed by atoms with Gasteiger partial charge in [-0.2, -0.15) is 10.3 Å². The predicted octanol–water partition coefficient (Wildman–Crippen LogP) is 0.263. The fraction of sp³-hybridized carbons (Fsp3) is 0.154. The molecular formula is C13H11N7O3S. The van der Waals surface area contributed by atoms with E-state index in [-0.39, 0.29) is 17.5 Å². The number of amides is 1. The molecule has 11 heteroatoms. The summed E-state index contributed by atoms with van der Waals surface area (Å²) in [7, 11) is 0. The van der Waals surface area contributed by atoms with Crippen LogP contribution in [0.15, 0.2) is 34.5 Å². The van der Waals surface area contributed by atoms with Gasteiger partial charge in [0.2, 0.25) is 11.7 Å². The zero-order chi connectivity index (χ0) is 16.9. The molecule has 1 saturated heterocycles. The highest BCUT2D eigenvalue weighted by atomic mass is 32.2. The van der Waals surface area contributed by atoms with Crippen LogP contribution in [0.1, 0.15) is 12.0 Å². The smallest absolute Gasteiger partial charge is 0.305 e. The van der Waals surface area contributed by atoms with Crippen LogP contribution in [0.25, 0.3) is 11.4 Å². The van der Waals surface area contributed by atoms with Gasteiger partial charge in [-0.3, -0.25) is 9.59 Å². The number of hydrogen-bond acceptors (Lipinski definition) is 8. The average Bonchev–Trinajstić information content (AvgIpc) is 3.19. The molecule has 3 rings (SSSR count). The van der Waals surface area contributed by atoms with Crippen molar-refractivity contribution in [2.24, 2.45) is 10.2 Å². The summed E-state index contributed by atoms with van der Waals surface area (Å²) in [5.41, 5.74) is 1.60. The highest BCUT2D eigenvalue weighted by molar-refractivity contribution is 8.15. The average molecular weight is 345 g/mol. The number of H-pyrrole nitrogens is 1. The van der Waals surface area contributed by atoms with Gasteiger partial charge in [-0.15, -0.1) is 15.3 Å². The second-order valence-corrected chi connectivity index (χ2v) is 5.89. The number of thioether (sulfide) groups is 1. The number of aromatic nitrogens is 4. The van der Waals surface area contributed by atoms with E-state index >= 15 is 0 Å². The summed E-state index contributed by atoms with van der Waals surface area (Å²) in [6.07, 6.45) is 1.26. The van der Waals surface area contributed by atoms with Gasteiger partial charge in [-0.1, -0.05) is 36.0 Å².